The minimum Gasteiger partial charge on any atom is -0.394 e. The van der Waals surface area contributed by atoms with Crippen LogP contribution in [0.1, 0.15) is 31.3 Å². The summed E-state index contributed by atoms with van der Waals surface area (Å²) in [7, 11) is 0. The third kappa shape index (κ3) is 3.17. The number of aliphatic hydroxyl groups excluding tert-OH is 2. The second-order valence-corrected chi connectivity index (χ2v) is 7.57. The molecule has 1 fully saturated rings. The second-order valence-electron chi connectivity index (χ2n) is 6.62. The Hall–Kier alpha value is -1.78. The van der Waals surface area contributed by atoms with E-state index in [2.05, 4.69) is 10.2 Å². The molecule has 2 aliphatic rings. The topological polar surface area (TPSA) is 102 Å². The van der Waals surface area contributed by atoms with E-state index in [-0.39, 0.29) is 0 Å². The van der Waals surface area contributed by atoms with Gasteiger partial charge in [0.25, 0.3) is 0 Å². The minimum atomic E-state index is -1.09. The highest BCUT2D eigenvalue weighted by atomic mass is 32.2. The number of hydrogen-bond donors (Lipinski definition) is 2. The summed E-state index contributed by atoms with van der Waals surface area (Å²) in [5.41, 5.74) is 1.93. The predicted molar refractivity (Wildman–Crippen MR) is 95.0 cm³/mol. The van der Waals surface area contributed by atoms with Gasteiger partial charge in [0.2, 0.25) is 5.16 Å². The van der Waals surface area contributed by atoms with Crippen LogP contribution in [-0.4, -0.2) is 61.2 Å². The number of aromatic nitrogens is 3. The number of nitrogens with zero attached hydrogens (tertiary/aromatic N) is 4. The zero-order valence-corrected chi connectivity index (χ0v) is 15.3. The lowest BCUT2D eigenvalue weighted by Crippen LogP contribution is -2.35. The Morgan fingerprint density at radius 2 is 2.04 bits per heavy atom. The maximum Gasteiger partial charge on any atom is 0.212 e. The van der Waals surface area contributed by atoms with Crippen LogP contribution < -0.4 is 0 Å². The fourth-order valence-electron chi connectivity index (χ4n) is 3.07. The van der Waals surface area contributed by atoms with E-state index in [1.807, 2.05) is 30.3 Å². The van der Waals surface area contributed by atoms with Gasteiger partial charge in [-0.1, -0.05) is 42.1 Å². The Morgan fingerprint density at radius 3 is 2.77 bits per heavy atom. The first-order chi connectivity index (χ1) is 12.5. The van der Waals surface area contributed by atoms with Gasteiger partial charge in [-0.25, -0.2) is 0 Å². The molecule has 4 rings (SSSR count). The van der Waals surface area contributed by atoms with Gasteiger partial charge in [-0.15, -0.1) is 10.2 Å². The molecule has 0 unspecified atom stereocenters. The van der Waals surface area contributed by atoms with E-state index in [0.29, 0.717) is 16.7 Å². The second kappa shape index (κ2) is 6.75. The van der Waals surface area contributed by atoms with E-state index in [1.165, 1.54) is 11.8 Å². The zero-order chi connectivity index (χ0) is 18.3. The van der Waals surface area contributed by atoms with Gasteiger partial charge in [-0.2, -0.15) is 9.78 Å². The molecule has 2 N–H and O–H groups in total. The average Bonchev–Trinajstić information content (AvgIpc) is 3.21. The molecule has 8 nitrogen and oxygen atoms in total. The number of hydrogen-bond acceptors (Lipinski definition) is 8. The van der Waals surface area contributed by atoms with Crippen molar-refractivity contribution in [3.63, 3.8) is 0 Å². The first-order valence-corrected chi connectivity index (χ1v) is 9.33. The van der Waals surface area contributed by atoms with Crippen LogP contribution in [-0.2, 0) is 9.47 Å². The van der Waals surface area contributed by atoms with Crippen LogP contribution in [0.15, 0.2) is 40.6 Å². The van der Waals surface area contributed by atoms with Crippen molar-refractivity contribution in [2.24, 2.45) is 5.10 Å². The Labute approximate surface area is 154 Å². The van der Waals surface area contributed by atoms with Crippen LogP contribution in [0.25, 0.3) is 0 Å². The van der Waals surface area contributed by atoms with Crippen molar-refractivity contribution in [2.75, 3.05) is 12.4 Å². The third-order valence-electron chi connectivity index (χ3n) is 4.25. The molecular weight excluding hydrogens is 356 g/mol. The average molecular weight is 376 g/mol. The number of fused-ring (bicyclic) bond motifs is 1. The van der Waals surface area contributed by atoms with Gasteiger partial charge in [0.1, 0.15) is 12.2 Å². The first-order valence-electron chi connectivity index (χ1n) is 8.34. The molecule has 0 radical (unpaired) electrons. The van der Waals surface area contributed by atoms with Crippen molar-refractivity contribution in [2.45, 2.75) is 43.1 Å². The Morgan fingerprint density at radius 1 is 1.27 bits per heavy atom. The molecule has 1 aromatic heterocycles. The van der Waals surface area contributed by atoms with Gasteiger partial charge in [0.05, 0.1) is 12.3 Å². The fourth-order valence-corrected chi connectivity index (χ4v) is 3.91. The van der Waals surface area contributed by atoms with Crippen molar-refractivity contribution < 1.29 is 19.7 Å². The highest BCUT2D eigenvalue weighted by Crippen LogP contribution is 2.40. The molecule has 3 heterocycles. The molecule has 26 heavy (non-hydrogen) atoms. The number of rotatable bonds is 4. The molecule has 0 aliphatic carbocycles. The van der Waals surface area contributed by atoms with E-state index >= 15 is 0 Å². The van der Waals surface area contributed by atoms with Crippen LogP contribution in [0.2, 0.25) is 0 Å². The Bertz CT molecular complexity index is 823. The van der Waals surface area contributed by atoms with E-state index in [9.17, 15) is 10.2 Å². The summed E-state index contributed by atoms with van der Waals surface area (Å²) in [4.78, 5) is 0. The lowest BCUT2D eigenvalue weighted by molar-refractivity contribution is -0.158. The molecule has 0 saturated carbocycles. The number of aliphatic hydroxyl groups is 2. The fraction of sp³-hybridized carbons (Fsp3) is 0.471. The van der Waals surface area contributed by atoms with E-state index in [4.69, 9.17) is 14.6 Å². The van der Waals surface area contributed by atoms with Crippen LogP contribution in [0.3, 0.4) is 0 Å². The molecule has 2 aromatic rings. The Balaban J connectivity index is 1.72. The highest BCUT2D eigenvalue weighted by molar-refractivity contribution is 7.99. The van der Waals surface area contributed by atoms with Gasteiger partial charge in [0, 0.05) is 5.75 Å². The summed E-state index contributed by atoms with van der Waals surface area (Å²) in [6.45, 7) is 3.07. The maximum atomic E-state index is 10.1. The molecule has 1 aromatic carbocycles. The van der Waals surface area contributed by atoms with Crippen molar-refractivity contribution in [3.05, 3.63) is 41.7 Å². The standard InChI is InChI=1S/C17H20N4O4S/c1-17(2)24-13(12(23)8-22)14(25-17)15-18-19-16-21(15)20-11(9-26-16)10-6-4-3-5-7-10/h3-7,12-14,22-23H,8-9H2,1-2H3/t12-,13-,14+/m1/s1. The summed E-state index contributed by atoms with van der Waals surface area (Å²) in [6.07, 6.45) is -2.54. The van der Waals surface area contributed by atoms with Crippen molar-refractivity contribution in [1.82, 2.24) is 14.9 Å². The largest absolute Gasteiger partial charge is 0.394 e. The quantitative estimate of drug-likeness (QED) is 0.826. The van der Waals surface area contributed by atoms with Crippen molar-refractivity contribution >= 4 is 17.5 Å². The summed E-state index contributed by atoms with van der Waals surface area (Å²) >= 11 is 1.54. The van der Waals surface area contributed by atoms with Crippen LogP contribution in [0.5, 0.6) is 0 Å². The zero-order valence-electron chi connectivity index (χ0n) is 14.4. The van der Waals surface area contributed by atoms with Crippen LogP contribution in [0, 0.1) is 0 Å². The molecule has 1 saturated heterocycles. The van der Waals surface area contributed by atoms with Crippen molar-refractivity contribution in [3.8, 4) is 0 Å². The molecule has 0 spiro atoms. The van der Waals surface area contributed by atoms with Crippen molar-refractivity contribution in [1.29, 1.82) is 0 Å². The minimum absolute atomic E-state index is 0.436. The molecule has 138 valence electrons. The normalized spacial score (nSPS) is 25.6. The van der Waals surface area contributed by atoms with Gasteiger partial charge in [-0.3, -0.25) is 0 Å². The first kappa shape index (κ1) is 17.6. The maximum absolute atomic E-state index is 10.1. The molecule has 0 bridgehead atoms. The summed E-state index contributed by atoms with van der Waals surface area (Å²) in [5, 5.41) is 33.3. The summed E-state index contributed by atoms with van der Waals surface area (Å²) < 4.78 is 13.4. The molecule has 0 amide bonds. The molecular formula is C17H20N4O4S. The third-order valence-corrected chi connectivity index (χ3v) is 5.18. The smallest absolute Gasteiger partial charge is 0.212 e. The SMILES string of the molecule is CC1(C)O[C@H]([C@H](O)CO)[C@@H](c2nnc3n2N=C(c2ccccc2)CS3)O1. The molecule has 9 heteroatoms. The molecule has 3 atom stereocenters. The van der Waals surface area contributed by atoms with Gasteiger partial charge in [0.15, 0.2) is 17.7 Å². The highest BCUT2D eigenvalue weighted by Gasteiger charge is 2.48. The monoisotopic (exact) mass is 376 g/mol. The van der Waals surface area contributed by atoms with E-state index in [1.54, 1.807) is 18.5 Å². The van der Waals surface area contributed by atoms with E-state index < -0.39 is 30.7 Å². The summed E-state index contributed by atoms with van der Waals surface area (Å²) in [6, 6.07) is 9.91. The predicted octanol–water partition coefficient (Wildman–Crippen LogP) is 1.18. The Kier molecular flexibility index (Phi) is 4.57. The van der Waals surface area contributed by atoms with Crippen LogP contribution in [0.4, 0.5) is 0 Å². The number of thioether (sulfide) groups is 1. The van der Waals surface area contributed by atoms with Gasteiger partial charge in [-0.05, 0) is 19.4 Å². The lowest BCUT2D eigenvalue weighted by Gasteiger charge is -2.21. The number of ether oxygens (including phenoxy) is 2. The number of benzene rings is 1. The summed E-state index contributed by atoms with van der Waals surface area (Å²) in [5.74, 6) is 0.230. The van der Waals surface area contributed by atoms with Crippen LogP contribution >= 0.6 is 11.8 Å². The molecule has 2 aliphatic heterocycles. The lowest BCUT2D eigenvalue weighted by atomic mass is 10.1. The van der Waals surface area contributed by atoms with Gasteiger partial charge < -0.3 is 19.7 Å². The van der Waals surface area contributed by atoms with Gasteiger partial charge >= 0.3 is 0 Å². The van der Waals surface area contributed by atoms with E-state index in [0.717, 1.165) is 11.3 Å².